The van der Waals surface area contributed by atoms with Crippen LogP contribution < -0.4 is 5.73 Å². The highest BCUT2D eigenvalue weighted by Crippen LogP contribution is 2.12. The van der Waals surface area contributed by atoms with Crippen molar-refractivity contribution in [3.8, 4) is 0 Å². The standard InChI is InChI=1S/C12H27N3/c1-11(2)9-15-8-4-7-14(3)12(10-15)5-6-13/h11-12H,4-10,13H2,1-3H3. The van der Waals surface area contributed by atoms with Crippen LogP contribution in [0.2, 0.25) is 0 Å². The van der Waals surface area contributed by atoms with Crippen molar-refractivity contribution in [3.05, 3.63) is 0 Å². The fraction of sp³-hybridized carbons (Fsp3) is 1.00. The van der Waals surface area contributed by atoms with Crippen molar-refractivity contribution in [1.82, 2.24) is 9.80 Å². The molecule has 0 saturated carbocycles. The molecule has 15 heavy (non-hydrogen) atoms. The van der Waals surface area contributed by atoms with Crippen LogP contribution in [0.5, 0.6) is 0 Å². The zero-order valence-electron chi connectivity index (χ0n) is 10.6. The van der Waals surface area contributed by atoms with Crippen LogP contribution >= 0.6 is 0 Å². The molecule has 0 bridgehead atoms. The molecule has 0 aromatic rings. The van der Waals surface area contributed by atoms with E-state index in [1.807, 2.05) is 0 Å². The van der Waals surface area contributed by atoms with Crippen molar-refractivity contribution >= 4 is 0 Å². The Morgan fingerprint density at radius 1 is 1.33 bits per heavy atom. The lowest BCUT2D eigenvalue weighted by atomic mass is 10.1. The molecule has 3 heteroatoms. The third-order valence-electron chi connectivity index (χ3n) is 3.20. The predicted octanol–water partition coefficient (Wildman–Crippen LogP) is 0.997. The van der Waals surface area contributed by atoms with E-state index >= 15 is 0 Å². The first kappa shape index (κ1) is 12.9. The van der Waals surface area contributed by atoms with E-state index in [0.717, 1.165) is 18.9 Å². The molecule has 2 N–H and O–H groups in total. The van der Waals surface area contributed by atoms with Crippen molar-refractivity contribution in [2.75, 3.05) is 39.8 Å². The molecule has 1 aliphatic rings. The Bertz CT molecular complexity index is 170. The van der Waals surface area contributed by atoms with Crippen LogP contribution in [-0.2, 0) is 0 Å². The zero-order chi connectivity index (χ0) is 11.3. The van der Waals surface area contributed by atoms with Crippen molar-refractivity contribution in [1.29, 1.82) is 0 Å². The number of likely N-dealkylation sites (N-methyl/N-ethyl adjacent to an activating group) is 1. The molecule has 1 rings (SSSR count). The van der Waals surface area contributed by atoms with E-state index in [1.165, 1.54) is 32.6 Å². The predicted molar refractivity (Wildman–Crippen MR) is 66.0 cm³/mol. The second kappa shape index (κ2) is 6.46. The van der Waals surface area contributed by atoms with Gasteiger partial charge in [0.25, 0.3) is 0 Å². The van der Waals surface area contributed by atoms with Crippen LogP contribution in [0.25, 0.3) is 0 Å². The highest BCUT2D eigenvalue weighted by molar-refractivity contribution is 4.78. The summed E-state index contributed by atoms with van der Waals surface area (Å²) in [4.78, 5) is 5.08. The lowest BCUT2D eigenvalue weighted by molar-refractivity contribution is 0.189. The summed E-state index contributed by atoms with van der Waals surface area (Å²) in [7, 11) is 2.24. The normalized spacial score (nSPS) is 25.8. The Labute approximate surface area is 94.6 Å². The van der Waals surface area contributed by atoms with Gasteiger partial charge < -0.3 is 15.5 Å². The van der Waals surface area contributed by atoms with Crippen molar-refractivity contribution in [2.24, 2.45) is 11.7 Å². The summed E-state index contributed by atoms with van der Waals surface area (Å²) in [5, 5.41) is 0. The number of rotatable bonds is 4. The summed E-state index contributed by atoms with van der Waals surface area (Å²) in [6, 6.07) is 0.663. The Kier molecular flexibility index (Phi) is 5.58. The number of hydrogen-bond donors (Lipinski definition) is 1. The molecular weight excluding hydrogens is 186 g/mol. The van der Waals surface area contributed by atoms with Gasteiger partial charge in [0.15, 0.2) is 0 Å². The van der Waals surface area contributed by atoms with Crippen LogP contribution in [0.3, 0.4) is 0 Å². The lowest BCUT2D eigenvalue weighted by Gasteiger charge is -2.29. The largest absolute Gasteiger partial charge is 0.330 e. The first-order chi connectivity index (χ1) is 7.13. The van der Waals surface area contributed by atoms with E-state index in [1.54, 1.807) is 0 Å². The molecule has 0 amide bonds. The minimum absolute atomic E-state index is 0.663. The molecule has 3 nitrogen and oxygen atoms in total. The van der Waals surface area contributed by atoms with Crippen molar-refractivity contribution in [3.63, 3.8) is 0 Å². The van der Waals surface area contributed by atoms with Crippen LogP contribution in [0.1, 0.15) is 26.7 Å². The fourth-order valence-electron chi connectivity index (χ4n) is 2.44. The van der Waals surface area contributed by atoms with Gasteiger partial charge in [0.1, 0.15) is 0 Å². The summed E-state index contributed by atoms with van der Waals surface area (Å²) < 4.78 is 0. The molecule has 0 aliphatic carbocycles. The summed E-state index contributed by atoms with van der Waals surface area (Å²) >= 11 is 0. The van der Waals surface area contributed by atoms with E-state index in [0.29, 0.717) is 6.04 Å². The average Bonchev–Trinajstić information content (AvgIpc) is 2.29. The summed E-state index contributed by atoms with van der Waals surface area (Å²) in [5.41, 5.74) is 5.67. The lowest BCUT2D eigenvalue weighted by Crippen LogP contribution is -2.41. The highest BCUT2D eigenvalue weighted by Gasteiger charge is 2.21. The van der Waals surface area contributed by atoms with E-state index in [4.69, 9.17) is 5.73 Å². The zero-order valence-corrected chi connectivity index (χ0v) is 10.6. The van der Waals surface area contributed by atoms with E-state index < -0.39 is 0 Å². The maximum atomic E-state index is 5.67. The van der Waals surface area contributed by atoms with E-state index in [-0.39, 0.29) is 0 Å². The molecule has 0 aromatic heterocycles. The summed E-state index contributed by atoms with van der Waals surface area (Å²) in [6.07, 6.45) is 2.43. The summed E-state index contributed by atoms with van der Waals surface area (Å²) in [6.45, 7) is 10.3. The molecule has 1 aliphatic heterocycles. The van der Waals surface area contributed by atoms with E-state index in [9.17, 15) is 0 Å². The number of hydrogen-bond acceptors (Lipinski definition) is 3. The topological polar surface area (TPSA) is 32.5 Å². The summed E-state index contributed by atoms with van der Waals surface area (Å²) in [5.74, 6) is 0.770. The van der Waals surface area contributed by atoms with Crippen LogP contribution in [0.4, 0.5) is 0 Å². The first-order valence-electron chi connectivity index (χ1n) is 6.26. The van der Waals surface area contributed by atoms with E-state index in [2.05, 4.69) is 30.7 Å². The van der Waals surface area contributed by atoms with Gasteiger partial charge in [-0.3, -0.25) is 0 Å². The Hall–Kier alpha value is -0.120. The third-order valence-corrected chi connectivity index (χ3v) is 3.20. The molecule has 1 fully saturated rings. The van der Waals surface area contributed by atoms with Gasteiger partial charge in [-0.05, 0) is 45.4 Å². The molecular formula is C12H27N3. The SMILES string of the molecule is CC(C)CN1CCCN(C)C(CCN)C1. The van der Waals surface area contributed by atoms with Gasteiger partial charge in [-0.15, -0.1) is 0 Å². The van der Waals surface area contributed by atoms with Gasteiger partial charge in [0, 0.05) is 19.1 Å². The van der Waals surface area contributed by atoms with Gasteiger partial charge in [-0.25, -0.2) is 0 Å². The highest BCUT2D eigenvalue weighted by atomic mass is 15.2. The van der Waals surface area contributed by atoms with Crippen LogP contribution in [0, 0.1) is 5.92 Å². The molecule has 1 atom stereocenters. The fourth-order valence-corrected chi connectivity index (χ4v) is 2.44. The van der Waals surface area contributed by atoms with Crippen molar-refractivity contribution < 1.29 is 0 Å². The quantitative estimate of drug-likeness (QED) is 0.756. The maximum absolute atomic E-state index is 5.67. The smallest absolute Gasteiger partial charge is 0.0232 e. The first-order valence-corrected chi connectivity index (χ1v) is 6.26. The monoisotopic (exact) mass is 213 g/mol. The van der Waals surface area contributed by atoms with Crippen LogP contribution in [-0.4, -0.2) is 55.6 Å². The Morgan fingerprint density at radius 2 is 2.07 bits per heavy atom. The molecule has 1 saturated heterocycles. The molecule has 1 unspecified atom stereocenters. The Balaban J connectivity index is 2.47. The minimum atomic E-state index is 0.663. The number of nitrogens with zero attached hydrogens (tertiary/aromatic N) is 2. The van der Waals surface area contributed by atoms with Gasteiger partial charge in [0.2, 0.25) is 0 Å². The van der Waals surface area contributed by atoms with Gasteiger partial charge in [0.05, 0.1) is 0 Å². The van der Waals surface area contributed by atoms with Gasteiger partial charge in [-0.1, -0.05) is 13.8 Å². The third kappa shape index (κ3) is 4.49. The van der Waals surface area contributed by atoms with Gasteiger partial charge >= 0.3 is 0 Å². The van der Waals surface area contributed by atoms with Crippen molar-refractivity contribution in [2.45, 2.75) is 32.7 Å². The molecule has 0 aromatic carbocycles. The molecule has 0 radical (unpaired) electrons. The molecule has 1 heterocycles. The minimum Gasteiger partial charge on any atom is -0.330 e. The second-order valence-electron chi connectivity index (χ2n) is 5.22. The maximum Gasteiger partial charge on any atom is 0.0232 e. The molecule has 90 valence electrons. The number of nitrogens with two attached hydrogens (primary N) is 1. The molecule has 0 spiro atoms. The Morgan fingerprint density at radius 3 is 2.67 bits per heavy atom. The van der Waals surface area contributed by atoms with Gasteiger partial charge in [-0.2, -0.15) is 0 Å². The van der Waals surface area contributed by atoms with Crippen LogP contribution in [0.15, 0.2) is 0 Å². The second-order valence-corrected chi connectivity index (χ2v) is 5.22. The average molecular weight is 213 g/mol.